The van der Waals surface area contributed by atoms with Crippen molar-refractivity contribution < 1.29 is 14.0 Å². The molecule has 0 spiro atoms. The van der Waals surface area contributed by atoms with E-state index in [0.29, 0.717) is 0 Å². The Labute approximate surface area is 121 Å². The number of halogens is 1. The van der Waals surface area contributed by atoms with Crippen LogP contribution in [0.4, 0.5) is 14.9 Å². The van der Waals surface area contributed by atoms with Gasteiger partial charge in [0.15, 0.2) is 0 Å². The Hall–Kier alpha value is -2.69. The molecule has 1 saturated heterocycles. The second-order valence-electron chi connectivity index (χ2n) is 4.80. The number of nitrogens with zero attached hydrogens (tertiary/aromatic N) is 1. The fourth-order valence-electron chi connectivity index (χ4n) is 2.42. The van der Waals surface area contributed by atoms with Gasteiger partial charge in [0.1, 0.15) is 5.82 Å². The van der Waals surface area contributed by atoms with Crippen LogP contribution in [0.3, 0.4) is 0 Å². The normalized spacial score (nSPS) is 18.5. The first kappa shape index (κ1) is 13.3. The summed E-state index contributed by atoms with van der Waals surface area (Å²) in [6.07, 6.45) is 0. The van der Waals surface area contributed by atoms with Crippen molar-refractivity contribution in [2.24, 2.45) is 0 Å². The van der Waals surface area contributed by atoms with Gasteiger partial charge in [-0.15, -0.1) is 0 Å². The van der Waals surface area contributed by atoms with Crippen LogP contribution in [0.1, 0.15) is 11.5 Å². The highest BCUT2D eigenvalue weighted by atomic mass is 19.1. The third kappa shape index (κ3) is 2.50. The Kier molecular flexibility index (Phi) is 3.39. The summed E-state index contributed by atoms with van der Waals surface area (Å²) < 4.78 is 13.3. The molecule has 2 aromatic rings. The van der Waals surface area contributed by atoms with Gasteiger partial charge in [-0.25, -0.2) is 14.1 Å². The first-order valence-corrected chi connectivity index (χ1v) is 6.59. The zero-order chi connectivity index (χ0) is 14.8. The summed E-state index contributed by atoms with van der Waals surface area (Å²) in [6.45, 7) is 0.244. The Morgan fingerprint density at radius 1 is 1.05 bits per heavy atom. The molecule has 0 aliphatic carbocycles. The minimum Gasteiger partial charge on any atom is -0.336 e. The Morgan fingerprint density at radius 3 is 2.52 bits per heavy atom. The molecule has 21 heavy (non-hydrogen) atoms. The largest absolute Gasteiger partial charge is 0.336 e. The summed E-state index contributed by atoms with van der Waals surface area (Å²) in [7, 11) is 0. The molecule has 3 amide bonds. The SMILES string of the molecule is O=C1NCC(c2ccccc2)C(=O)N1c1cccc(F)c1. The number of benzene rings is 2. The average molecular weight is 284 g/mol. The maximum atomic E-state index is 13.3. The highest BCUT2D eigenvalue weighted by Crippen LogP contribution is 2.26. The van der Waals surface area contributed by atoms with Gasteiger partial charge in [-0.2, -0.15) is 0 Å². The van der Waals surface area contributed by atoms with Crippen LogP contribution in [0.5, 0.6) is 0 Å². The molecule has 4 nitrogen and oxygen atoms in total. The lowest BCUT2D eigenvalue weighted by molar-refractivity contribution is -0.119. The number of rotatable bonds is 2. The maximum absolute atomic E-state index is 13.3. The monoisotopic (exact) mass is 284 g/mol. The molecule has 1 aliphatic heterocycles. The number of carbonyl (C=O) groups is 2. The fraction of sp³-hybridized carbons (Fsp3) is 0.125. The summed E-state index contributed by atoms with van der Waals surface area (Å²) in [4.78, 5) is 25.5. The van der Waals surface area contributed by atoms with Gasteiger partial charge in [0.25, 0.3) is 0 Å². The van der Waals surface area contributed by atoms with E-state index in [1.165, 1.54) is 24.3 Å². The molecule has 0 saturated carbocycles. The summed E-state index contributed by atoms with van der Waals surface area (Å²) in [5.41, 5.74) is 1.06. The standard InChI is InChI=1S/C16H13FN2O2/c17-12-7-4-8-13(9-12)19-15(20)14(10-18-16(19)21)11-5-2-1-3-6-11/h1-9,14H,10H2,(H,18,21). The molecule has 106 valence electrons. The number of hydrogen-bond donors (Lipinski definition) is 1. The Bertz CT molecular complexity index is 688. The van der Waals surface area contributed by atoms with Crippen LogP contribution < -0.4 is 10.2 Å². The molecule has 3 rings (SSSR count). The van der Waals surface area contributed by atoms with Gasteiger partial charge < -0.3 is 5.32 Å². The van der Waals surface area contributed by atoms with Crippen molar-refractivity contribution in [2.75, 3.05) is 11.4 Å². The first-order valence-electron chi connectivity index (χ1n) is 6.59. The number of hydrogen-bond acceptors (Lipinski definition) is 2. The smallest absolute Gasteiger partial charge is 0.328 e. The average Bonchev–Trinajstić information content (AvgIpc) is 2.48. The molecule has 1 heterocycles. The van der Waals surface area contributed by atoms with E-state index >= 15 is 0 Å². The minimum absolute atomic E-state index is 0.234. The molecule has 1 aliphatic rings. The van der Waals surface area contributed by atoms with E-state index in [1.807, 2.05) is 30.3 Å². The van der Waals surface area contributed by atoms with Crippen molar-refractivity contribution in [2.45, 2.75) is 5.92 Å². The van der Waals surface area contributed by atoms with Crippen molar-refractivity contribution in [1.29, 1.82) is 0 Å². The van der Waals surface area contributed by atoms with E-state index in [-0.39, 0.29) is 18.1 Å². The topological polar surface area (TPSA) is 49.4 Å². The predicted octanol–water partition coefficient (Wildman–Crippen LogP) is 2.67. The van der Waals surface area contributed by atoms with Gasteiger partial charge >= 0.3 is 6.03 Å². The highest BCUT2D eigenvalue weighted by Gasteiger charge is 2.36. The van der Waals surface area contributed by atoms with Gasteiger partial charge in [0.05, 0.1) is 11.6 Å². The summed E-state index contributed by atoms with van der Waals surface area (Å²) >= 11 is 0. The van der Waals surface area contributed by atoms with Gasteiger partial charge in [0, 0.05) is 6.54 Å². The second kappa shape index (κ2) is 5.36. The fourth-order valence-corrected chi connectivity index (χ4v) is 2.42. The van der Waals surface area contributed by atoms with E-state index in [4.69, 9.17) is 0 Å². The summed E-state index contributed by atoms with van der Waals surface area (Å²) in [6, 6.07) is 14.1. The number of amides is 3. The Balaban J connectivity index is 1.96. The molecule has 5 heteroatoms. The molecular weight excluding hydrogens is 271 g/mol. The zero-order valence-corrected chi connectivity index (χ0v) is 11.1. The van der Waals surface area contributed by atoms with E-state index in [2.05, 4.69) is 5.32 Å². The first-order chi connectivity index (χ1) is 10.2. The molecule has 0 radical (unpaired) electrons. The quantitative estimate of drug-likeness (QED) is 0.921. The van der Waals surface area contributed by atoms with Crippen molar-refractivity contribution in [1.82, 2.24) is 5.32 Å². The number of carbonyl (C=O) groups excluding carboxylic acids is 2. The van der Waals surface area contributed by atoms with Crippen molar-refractivity contribution >= 4 is 17.6 Å². The molecule has 1 N–H and O–H groups in total. The summed E-state index contributed by atoms with van der Waals surface area (Å²) in [5.74, 6) is -1.31. The number of imide groups is 1. The van der Waals surface area contributed by atoms with E-state index in [0.717, 1.165) is 10.5 Å². The van der Waals surface area contributed by atoms with Crippen LogP contribution in [0.2, 0.25) is 0 Å². The molecule has 0 bridgehead atoms. The van der Waals surface area contributed by atoms with E-state index in [1.54, 1.807) is 0 Å². The molecule has 2 aromatic carbocycles. The van der Waals surface area contributed by atoms with Crippen LogP contribution in [0.15, 0.2) is 54.6 Å². The number of urea groups is 1. The van der Waals surface area contributed by atoms with Crippen LogP contribution in [-0.4, -0.2) is 18.5 Å². The predicted molar refractivity (Wildman–Crippen MR) is 76.5 cm³/mol. The maximum Gasteiger partial charge on any atom is 0.328 e. The van der Waals surface area contributed by atoms with Gasteiger partial charge in [-0.1, -0.05) is 36.4 Å². The zero-order valence-electron chi connectivity index (χ0n) is 11.1. The Morgan fingerprint density at radius 2 is 1.81 bits per heavy atom. The molecule has 1 atom stereocenters. The minimum atomic E-state index is -0.530. The second-order valence-corrected chi connectivity index (χ2v) is 4.80. The van der Waals surface area contributed by atoms with Gasteiger partial charge in [0.2, 0.25) is 5.91 Å². The van der Waals surface area contributed by atoms with Crippen LogP contribution in [0, 0.1) is 5.82 Å². The third-order valence-corrected chi connectivity index (χ3v) is 3.45. The van der Waals surface area contributed by atoms with Crippen molar-refractivity contribution in [3.63, 3.8) is 0 Å². The van der Waals surface area contributed by atoms with E-state index in [9.17, 15) is 14.0 Å². The van der Waals surface area contributed by atoms with Gasteiger partial charge in [-0.3, -0.25) is 4.79 Å². The molecule has 1 fully saturated rings. The van der Waals surface area contributed by atoms with Crippen molar-refractivity contribution in [3.05, 3.63) is 66.0 Å². The highest BCUT2D eigenvalue weighted by molar-refractivity contribution is 6.18. The van der Waals surface area contributed by atoms with E-state index < -0.39 is 17.8 Å². The van der Waals surface area contributed by atoms with Crippen LogP contribution in [0.25, 0.3) is 0 Å². The summed E-state index contributed by atoms with van der Waals surface area (Å²) in [5, 5.41) is 2.67. The van der Waals surface area contributed by atoms with Gasteiger partial charge in [-0.05, 0) is 23.8 Å². The molecule has 1 unspecified atom stereocenters. The van der Waals surface area contributed by atoms with Crippen LogP contribution in [-0.2, 0) is 4.79 Å². The van der Waals surface area contributed by atoms with Crippen molar-refractivity contribution in [3.8, 4) is 0 Å². The number of nitrogens with one attached hydrogen (secondary N) is 1. The lowest BCUT2D eigenvalue weighted by Crippen LogP contribution is -2.54. The lowest BCUT2D eigenvalue weighted by atomic mass is 9.96. The number of anilines is 1. The molecular formula is C16H13FN2O2. The third-order valence-electron chi connectivity index (χ3n) is 3.45. The van der Waals surface area contributed by atoms with Crippen LogP contribution >= 0.6 is 0 Å². The lowest BCUT2D eigenvalue weighted by Gasteiger charge is -2.31. The molecule has 0 aromatic heterocycles.